The van der Waals surface area contributed by atoms with Crippen LogP contribution in [0.2, 0.25) is 0 Å². The third-order valence-corrected chi connectivity index (χ3v) is 4.49. The monoisotopic (exact) mass is 389 g/mol. The Morgan fingerprint density at radius 1 is 1.00 bits per heavy atom. The summed E-state index contributed by atoms with van der Waals surface area (Å²) >= 11 is 1.13. The van der Waals surface area contributed by atoms with Crippen LogP contribution in [-0.2, 0) is 11.0 Å². The van der Waals surface area contributed by atoms with Gasteiger partial charge in [-0.1, -0.05) is 54.2 Å². The van der Waals surface area contributed by atoms with Crippen LogP contribution in [0.4, 0.5) is 18.9 Å². The van der Waals surface area contributed by atoms with E-state index < -0.39 is 17.6 Å². The van der Waals surface area contributed by atoms with Crippen molar-refractivity contribution in [3.63, 3.8) is 0 Å². The number of aromatic nitrogens is 2. The molecule has 27 heavy (non-hydrogen) atoms. The van der Waals surface area contributed by atoms with Crippen molar-refractivity contribution >= 4 is 23.4 Å². The standard InChI is InChI=1S/C19H14F3N3OS/c20-19(21,22)14-8-4-5-9-15(14)25-17(26)11-27-18-10-16(23-12-24-18)13-6-2-1-3-7-13/h1-10,12H,11H2,(H,25,26). The van der Waals surface area contributed by atoms with Crippen LogP contribution in [0.15, 0.2) is 72.0 Å². The molecule has 8 heteroatoms. The number of amides is 1. The highest BCUT2D eigenvalue weighted by Crippen LogP contribution is 2.34. The highest BCUT2D eigenvalue weighted by Gasteiger charge is 2.33. The van der Waals surface area contributed by atoms with Crippen molar-refractivity contribution in [2.75, 3.05) is 11.1 Å². The molecule has 1 N–H and O–H groups in total. The van der Waals surface area contributed by atoms with Crippen LogP contribution in [0, 0.1) is 0 Å². The quantitative estimate of drug-likeness (QED) is 0.498. The van der Waals surface area contributed by atoms with Gasteiger partial charge in [0.1, 0.15) is 11.4 Å². The van der Waals surface area contributed by atoms with E-state index in [1.54, 1.807) is 6.07 Å². The van der Waals surface area contributed by atoms with Gasteiger partial charge in [0.15, 0.2) is 0 Å². The number of benzene rings is 2. The van der Waals surface area contributed by atoms with E-state index in [0.717, 1.165) is 23.4 Å². The highest BCUT2D eigenvalue weighted by atomic mass is 32.2. The number of nitrogens with zero attached hydrogens (tertiary/aromatic N) is 2. The van der Waals surface area contributed by atoms with E-state index in [4.69, 9.17) is 0 Å². The molecule has 0 spiro atoms. The summed E-state index contributed by atoms with van der Waals surface area (Å²) in [6, 6.07) is 16.1. The maximum atomic E-state index is 13.0. The molecular weight excluding hydrogens is 375 g/mol. The number of rotatable bonds is 5. The number of hydrogen-bond donors (Lipinski definition) is 1. The normalized spacial score (nSPS) is 11.2. The summed E-state index contributed by atoms with van der Waals surface area (Å²) in [6.07, 6.45) is -3.14. The van der Waals surface area contributed by atoms with E-state index in [-0.39, 0.29) is 11.4 Å². The number of para-hydroxylation sites is 1. The molecule has 138 valence electrons. The van der Waals surface area contributed by atoms with Gasteiger partial charge in [0, 0.05) is 5.56 Å². The lowest BCUT2D eigenvalue weighted by atomic mass is 10.1. The zero-order chi connectivity index (χ0) is 19.3. The molecule has 0 fully saturated rings. The Hall–Kier alpha value is -2.87. The van der Waals surface area contributed by atoms with Gasteiger partial charge in [0.05, 0.1) is 22.7 Å². The van der Waals surface area contributed by atoms with Crippen LogP contribution < -0.4 is 5.32 Å². The van der Waals surface area contributed by atoms with Gasteiger partial charge in [0.2, 0.25) is 5.91 Å². The molecule has 0 saturated carbocycles. The second-order valence-electron chi connectivity index (χ2n) is 5.49. The van der Waals surface area contributed by atoms with Gasteiger partial charge < -0.3 is 5.32 Å². The average molecular weight is 389 g/mol. The summed E-state index contributed by atoms with van der Waals surface area (Å²) in [6.45, 7) is 0. The molecular formula is C19H14F3N3OS. The molecule has 0 atom stereocenters. The molecule has 0 saturated heterocycles. The summed E-state index contributed by atoms with van der Waals surface area (Å²) in [7, 11) is 0. The van der Waals surface area contributed by atoms with Crippen molar-refractivity contribution in [2.45, 2.75) is 11.2 Å². The predicted molar refractivity (Wildman–Crippen MR) is 98.3 cm³/mol. The Labute approximate surface area is 157 Å². The maximum Gasteiger partial charge on any atom is 0.418 e. The number of carbonyl (C=O) groups is 1. The van der Waals surface area contributed by atoms with Crippen LogP contribution in [0.1, 0.15) is 5.56 Å². The minimum atomic E-state index is -4.53. The third kappa shape index (κ3) is 5.07. The van der Waals surface area contributed by atoms with E-state index in [1.807, 2.05) is 30.3 Å². The van der Waals surface area contributed by atoms with Crippen molar-refractivity contribution < 1.29 is 18.0 Å². The zero-order valence-electron chi connectivity index (χ0n) is 13.9. The fourth-order valence-corrected chi connectivity index (χ4v) is 3.02. The van der Waals surface area contributed by atoms with Crippen molar-refractivity contribution in [1.82, 2.24) is 9.97 Å². The van der Waals surface area contributed by atoms with E-state index in [2.05, 4.69) is 15.3 Å². The van der Waals surface area contributed by atoms with Crippen LogP contribution >= 0.6 is 11.8 Å². The molecule has 0 aliphatic carbocycles. The number of nitrogens with one attached hydrogen (secondary N) is 1. The van der Waals surface area contributed by atoms with Gasteiger partial charge in [0.25, 0.3) is 0 Å². The number of alkyl halides is 3. The second kappa shape index (κ2) is 8.22. The Balaban J connectivity index is 1.66. The fraction of sp³-hybridized carbons (Fsp3) is 0.105. The van der Waals surface area contributed by atoms with Gasteiger partial charge >= 0.3 is 6.18 Å². The number of anilines is 1. The molecule has 4 nitrogen and oxygen atoms in total. The van der Waals surface area contributed by atoms with Crippen molar-refractivity contribution in [1.29, 1.82) is 0 Å². The van der Waals surface area contributed by atoms with Crippen molar-refractivity contribution in [2.24, 2.45) is 0 Å². The van der Waals surface area contributed by atoms with E-state index in [1.165, 1.54) is 24.5 Å². The van der Waals surface area contributed by atoms with E-state index in [9.17, 15) is 18.0 Å². The van der Waals surface area contributed by atoms with Crippen LogP contribution in [0.5, 0.6) is 0 Å². The van der Waals surface area contributed by atoms with Gasteiger partial charge in [-0.05, 0) is 18.2 Å². The topological polar surface area (TPSA) is 54.9 Å². The highest BCUT2D eigenvalue weighted by molar-refractivity contribution is 7.99. The van der Waals surface area contributed by atoms with E-state index >= 15 is 0 Å². The molecule has 0 aliphatic rings. The second-order valence-corrected chi connectivity index (χ2v) is 6.48. The van der Waals surface area contributed by atoms with Crippen LogP contribution in [-0.4, -0.2) is 21.6 Å². The first kappa shape index (κ1) is 18.9. The Bertz CT molecular complexity index is 933. The minimum Gasteiger partial charge on any atom is -0.325 e. The minimum absolute atomic E-state index is 0.0720. The molecule has 3 aromatic rings. The van der Waals surface area contributed by atoms with Crippen molar-refractivity contribution in [3.8, 4) is 11.3 Å². The first-order chi connectivity index (χ1) is 12.9. The van der Waals surface area contributed by atoms with Crippen LogP contribution in [0.25, 0.3) is 11.3 Å². The lowest BCUT2D eigenvalue weighted by Crippen LogP contribution is -2.18. The number of thioether (sulfide) groups is 1. The third-order valence-electron chi connectivity index (χ3n) is 3.57. The largest absolute Gasteiger partial charge is 0.418 e. The van der Waals surface area contributed by atoms with Crippen LogP contribution in [0.3, 0.4) is 0 Å². The molecule has 3 rings (SSSR count). The van der Waals surface area contributed by atoms with Crippen molar-refractivity contribution in [3.05, 3.63) is 72.6 Å². The molecule has 1 aromatic heterocycles. The van der Waals surface area contributed by atoms with Gasteiger partial charge in [-0.25, -0.2) is 9.97 Å². The lowest BCUT2D eigenvalue weighted by Gasteiger charge is -2.13. The van der Waals surface area contributed by atoms with Gasteiger partial charge in [-0.15, -0.1) is 0 Å². The molecule has 0 radical (unpaired) electrons. The van der Waals surface area contributed by atoms with Gasteiger partial charge in [-0.2, -0.15) is 13.2 Å². The smallest absolute Gasteiger partial charge is 0.325 e. The van der Waals surface area contributed by atoms with Gasteiger partial charge in [-0.3, -0.25) is 4.79 Å². The summed E-state index contributed by atoms with van der Waals surface area (Å²) in [5, 5.41) is 2.87. The fourth-order valence-electron chi connectivity index (χ4n) is 2.35. The number of halogens is 3. The predicted octanol–water partition coefficient (Wildman–Crippen LogP) is 4.89. The summed E-state index contributed by atoms with van der Waals surface area (Å²) in [5.74, 6) is -0.617. The average Bonchev–Trinajstić information content (AvgIpc) is 2.67. The Morgan fingerprint density at radius 2 is 1.70 bits per heavy atom. The first-order valence-electron chi connectivity index (χ1n) is 7.90. The number of hydrogen-bond acceptors (Lipinski definition) is 4. The van der Waals surface area contributed by atoms with E-state index in [0.29, 0.717) is 10.7 Å². The molecule has 1 amide bonds. The zero-order valence-corrected chi connectivity index (χ0v) is 14.7. The molecule has 2 aromatic carbocycles. The summed E-state index contributed by atoms with van der Waals surface area (Å²) < 4.78 is 38.9. The molecule has 0 unspecified atom stereocenters. The lowest BCUT2D eigenvalue weighted by molar-refractivity contribution is -0.137. The summed E-state index contributed by atoms with van der Waals surface area (Å²) in [5.41, 5.74) is 0.473. The molecule has 1 heterocycles. The molecule has 0 bridgehead atoms. The Morgan fingerprint density at radius 3 is 2.44 bits per heavy atom. The Kier molecular flexibility index (Phi) is 5.75. The first-order valence-corrected chi connectivity index (χ1v) is 8.88. The maximum absolute atomic E-state index is 13.0. The molecule has 0 aliphatic heterocycles. The SMILES string of the molecule is O=C(CSc1cc(-c2ccccc2)ncn1)Nc1ccccc1C(F)(F)F. The number of carbonyl (C=O) groups excluding carboxylic acids is 1. The summed E-state index contributed by atoms with van der Waals surface area (Å²) in [4.78, 5) is 20.4.